The SMILES string of the molecule is CCC(CC)NC(=O)CNC(C)C(=O)OC. The van der Waals surface area contributed by atoms with E-state index in [1.54, 1.807) is 6.92 Å². The van der Waals surface area contributed by atoms with E-state index < -0.39 is 6.04 Å². The van der Waals surface area contributed by atoms with Gasteiger partial charge < -0.3 is 10.1 Å². The average molecular weight is 230 g/mol. The highest BCUT2D eigenvalue weighted by molar-refractivity contribution is 5.80. The highest BCUT2D eigenvalue weighted by Gasteiger charge is 2.14. The van der Waals surface area contributed by atoms with Crippen LogP contribution in [0.25, 0.3) is 0 Å². The van der Waals surface area contributed by atoms with Crippen LogP contribution in [-0.4, -0.2) is 37.6 Å². The maximum atomic E-state index is 11.5. The van der Waals surface area contributed by atoms with Gasteiger partial charge in [0.05, 0.1) is 13.7 Å². The third-order valence-electron chi connectivity index (χ3n) is 2.47. The van der Waals surface area contributed by atoms with Crippen LogP contribution in [0.1, 0.15) is 33.6 Å². The van der Waals surface area contributed by atoms with Gasteiger partial charge in [-0.1, -0.05) is 13.8 Å². The summed E-state index contributed by atoms with van der Waals surface area (Å²) in [6.45, 7) is 5.85. The third kappa shape index (κ3) is 5.70. The Bertz CT molecular complexity index is 227. The quantitative estimate of drug-likeness (QED) is 0.623. The molecule has 16 heavy (non-hydrogen) atoms. The molecule has 0 spiro atoms. The van der Waals surface area contributed by atoms with E-state index in [1.165, 1.54) is 7.11 Å². The topological polar surface area (TPSA) is 67.4 Å². The molecule has 0 rings (SSSR count). The predicted octanol–water partition coefficient (Wildman–Crippen LogP) is 0.442. The van der Waals surface area contributed by atoms with Crippen molar-refractivity contribution in [1.29, 1.82) is 0 Å². The Morgan fingerprint density at radius 2 is 1.81 bits per heavy atom. The Morgan fingerprint density at radius 1 is 1.25 bits per heavy atom. The van der Waals surface area contributed by atoms with E-state index in [4.69, 9.17) is 0 Å². The lowest BCUT2D eigenvalue weighted by atomic mass is 10.2. The summed E-state index contributed by atoms with van der Waals surface area (Å²) < 4.78 is 4.53. The number of hydrogen-bond donors (Lipinski definition) is 2. The van der Waals surface area contributed by atoms with Gasteiger partial charge in [-0.2, -0.15) is 0 Å². The standard InChI is InChI=1S/C11H22N2O3/c1-5-9(6-2)13-10(14)7-12-8(3)11(15)16-4/h8-9,12H,5-7H2,1-4H3,(H,13,14). The maximum absolute atomic E-state index is 11.5. The van der Waals surface area contributed by atoms with E-state index in [1.807, 2.05) is 13.8 Å². The third-order valence-corrected chi connectivity index (χ3v) is 2.47. The molecule has 0 radical (unpaired) electrons. The van der Waals surface area contributed by atoms with Crippen molar-refractivity contribution in [3.63, 3.8) is 0 Å². The molecule has 0 aromatic carbocycles. The first kappa shape index (κ1) is 14.9. The van der Waals surface area contributed by atoms with Gasteiger partial charge in [-0.05, 0) is 19.8 Å². The first-order valence-electron chi connectivity index (χ1n) is 5.65. The van der Waals surface area contributed by atoms with Crippen LogP contribution < -0.4 is 10.6 Å². The summed E-state index contributed by atoms with van der Waals surface area (Å²) >= 11 is 0. The zero-order chi connectivity index (χ0) is 12.6. The first-order valence-corrected chi connectivity index (χ1v) is 5.65. The molecule has 5 heteroatoms. The fourth-order valence-corrected chi connectivity index (χ4v) is 1.28. The van der Waals surface area contributed by atoms with Crippen molar-refractivity contribution in [1.82, 2.24) is 10.6 Å². The lowest BCUT2D eigenvalue weighted by Gasteiger charge is -2.16. The number of esters is 1. The zero-order valence-electron chi connectivity index (χ0n) is 10.5. The fraction of sp³-hybridized carbons (Fsp3) is 0.818. The fourth-order valence-electron chi connectivity index (χ4n) is 1.28. The van der Waals surface area contributed by atoms with Gasteiger partial charge in [0.2, 0.25) is 5.91 Å². The van der Waals surface area contributed by atoms with Crippen LogP contribution in [0.4, 0.5) is 0 Å². The van der Waals surface area contributed by atoms with Gasteiger partial charge >= 0.3 is 5.97 Å². The van der Waals surface area contributed by atoms with E-state index in [2.05, 4.69) is 15.4 Å². The second-order valence-electron chi connectivity index (χ2n) is 3.71. The molecule has 0 aromatic rings. The van der Waals surface area contributed by atoms with E-state index >= 15 is 0 Å². The predicted molar refractivity (Wildman–Crippen MR) is 62.0 cm³/mol. The number of methoxy groups -OCH3 is 1. The Kier molecular flexibility index (Phi) is 7.54. The summed E-state index contributed by atoms with van der Waals surface area (Å²) in [4.78, 5) is 22.5. The van der Waals surface area contributed by atoms with Crippen molar-refractivity contribution in [3.8, 4) is 0 Å². The molecule has 0 bridgehead atoms. The van der Waals surface area contributed by atoms with Crippen molar-refractivity contribution in [2.75, 3.05) is 13.7 Å². The molecule has 5 nitrogen and oxygen atoms in total. The minimum atomic E-state index is -0.461. The smallest absolute Gasteiger partial charge is 0.322 e. The summed E-state index contributed by atoms with van der Waals surface area (Å²) in [5.74, 6) is -0.459. The molecule has 0 saturated carbocycles. The number of carbonyl (C=O) groups is 2. The Morgan fingerprint density at radius 3 is 2.25 bits per heavy atom. The van der Waals surface area contributed by atoms with Crippen molar-refractivity contribution in [3.05, 3.63) is 0 Å². The van der Waals surface area contributed by atoms with Crippen LogP contribution in [0, 0.1) is 0 Å². The largest absolute Gasteiger partial charge is 0.468 e. The van der Waals surface area contributed by atoms with Gasteiger partial charge in [-0.25, -0.2) is 0 Å². The summed E-state index contributed by atoms with van der Waals surface area (Å²) in [6.07, 6.45) is 1.82. The summed E-state index contributed by atoms with van der Waals surface area (Å²) in [5, 5.41) is 5.68. The van der Waals surface area contributed by atoms with Gasteiger partial charge in [0, 0.05) is 6.04 Å². The lowest BCUT2D eigenvalue weighted by Crippen LogP contribution is -2.44. The Labute approximate surface area is 96.9 Å². The molecule has 0 aliphatic heterocycles. The molecule has 0 heterocycles. The van der Waals surface area contributed by atoms with Gasteiger partial charge in [-0.15, -0.1) is 0 Å². The number of hydrogen-bond acceptors (Lipinski definition) is 4. The normalized spacial score (nSPS) is 12.3. The van der Waals surface area contributed by atoms with Crippen molar-refractivity contribution >= 4 is 11.9 Å². The zero-order valence-corrected chi connectivity index (χ0v) is 10.5. The van der Waals surface area contributed by atoms with Crippen LogP contribution in [0.2, 0.25) is 0 Å². The lowest BCUT2D eigenvalue weighted by molar-refractivity contribution is -0.142. The molecule has 94 valence electrons. The number of nitrogens with one attached hydrogen (secondary N) is 2. The molecular weight excluding hydrogens is 208 g/mol. The molecule has 1 unspecified atom stereocenters. The molecule has 0 aromatic heterocycles. The second-order valence-corrected chi connectivity index (χ2v) is 3.71. The minimum Gasteiger partial charge on any atom is -0.468 e. The molecule has 2 N–H and O–H groups in total. The van der Waals surface area contributed by atoms with Crippen LogP contribution in [0.3, 0.4) is 0 Å². The monoisotopic (exact) mass is 230 g/mol. The maximum Gasteiger partial charge on any atom is 0.322 e. The van der Waals surface area contributed by atoms with Gasteiger partial charge in [0.1, 0.15) is 6.04 Å². The second kappa shape index (κ2) is 8.10. The molecule has 0 fully saturated rings. The Hall–Kier alpha value is -1.10. The van der Waals surface area contributed by atoms with Gasteiger partial charge in [0.15, 0.2) is 0 Å². The highest BCUT2D eigenvalue weighted by Crippen LogP contribution is 1.95. The number of amides is 1. The molecule has 0 aliphatic rings. The van der Waals surface area contributed by atoms with E-state index in [-0.39, 0.29) is 24.5 Å². The highest BCUT2D eigenvalue weighted by atomic mass is 16.5. The average Bonchev–Trinajstić information content (AvgIpc) is 2.31. The van der Waals surface area contributed by atoms with E-state index in [0.717, 1.165) is 12.8 Å². The van der Waals surface area contributed by atoms with Gasteiger partial charge in [-0.3, -0.25) is 14.9 Å². The molecule has 1 amide bonds. The number of rotatable bonds is 7. The van der Waals surface area contributed by atoms with Crippen molar-refractivity contribution in [2.24, 2.45) is 0 Å². The van der Waals surface area contributed by atoms with Crippen molar-refractivity contribution in [2.45, 2.75) is 45.7 Å². The van der Waals surface area contributed by atoms with E-state index in [0.29, 0.717) is 0 Å². The summed E-state index contributed by atoms with van der Waals surface area (Å²) in [7, 11) is 1.32. The minimum absolute atomic E-state index is 0.0931. The molecular formula is C11H22N2O3. The van der Waals surface area contributed by atoms with Crippen molar-refractivity contribution < 1.29 is 14.3 Å². The van der Waals surface area contributed by atoms with E-state index in [9.17, 15) is 9.59 Å². The Balaban J connectivity index is 3.84. The van der Waals surface area contributed by atoms with Crippen LogP contribution in [-0.2, 0) is 14.3 Å². The molecule has 0 aliphatic carbocycles. The van der Waals surface area contributed by atoms with Crippen LogP contribution in [0.5, 0.6) is 0 Å². The molecule has 0 saturated heterocycles. The first-order chi connectivity index (χ1) is 7.54. The summed E-state index contributed by atoms with van der Waals surface area (Å²) in [6, 6.07) is -0.250. The number of ether oxygens (including phenoxy) is 1. The molecule has 1 atom stereocenters. The van der Waals surface area contributed by atoms with Gasteiger partial charge in [0.25, 0.3) is 0 Å². The number of carbonyl (C=O) groups excluding carboxylic acids is 2. The van der Waals surface area contributed by atoms with Crippen LogP contribution in [0.15, 0.2) is 0 Å². The van der Waals surface area contributed by atoms with Crippen LogP contribution >= 0.6 is 0 Å². The summed E-state index contributed by atoms with van der Waals surface area (Å²) in [5.41, 5.74) is 0.